The second-order valence-electron chi connectivity index (χ2n) is 6.59. The van der Waals surface area contributed by atoms with Gasteiger partial charge in [0.15, 0.2) is 6.29 Å². The van der Waals surface area contributed by atoms with E-state index in [4.69, 9.17) is 4.74 Å². The van der Waals surface area contributed by atoms with Crippen LogP contribution in [0.2, 0.25) is 0 Å². The van der Waals surface area contributed by atoms with Crippen LogP contribution in [0.15, 0.2) is 18.2 Å². The molecule has 1 fully saturated rings. The standard InChI is InChI=1S/C17H24N2O3/c1-13-6-5-7-14(12-20)15(13)18-8-10-19(11-9-18)16(21)22-17(2,3)4/h5-7,12H,8-11H2,1-4H3. The van der Waals surface area contributed by atoms with Crippen LogP contribution in [0.25, 0.3) is 0 Å². The van der Waals surface area contributed by atoms with E-state index in [9.17, 15) is 9.59 Å². The third-order valence-electron chi connectivity index (χ3n) is 3.64. The molecule has 0 aliphatic carbocycles. The molecule has 120 valence electrons. The highest BCUT2D eigenvalue weighted by molar-refractivity contribution is 5.86. The van der Waals surface area contributed by atoms with Crippen molar-refractivity contribution in [1.82, 2.24) is 4.90 Å². The van der Waals surface area contributed by atoms with Crippen LogP contribution >= 0.6 is 0 Å². The summed E-state index contributed by atoms with van der Waals surface area (Å²) in [6, 6.07) is 5.72. The molecule has 5 nitrogen and oxygen atoms in total. The number of hydrogen-bond acceptors (Lipinski definition) is 4. The van der Waals surface area contributed by atoms with E-state index in [1.807, 2.05) is 45.9 Å². The molecule has 2 rings (SSSR count). The lowest BCUT2D eigenvalue weighted by Gasteiger charge is -2.37. The molecule has 0 saturated carbocycles. The highest BCUT2D eigenvalue weighted by Gasteiger charge is 2.27. The number of ether oxygens (including phenoxy) is 1. The van der Waals surface area contributed by atoms with Crippen LogP contribution in [0.4, 0.5) is 10.5 Å². The number of amides is 1. The van der Waals surface area contributed by atoms with Gasteiger partial charge >= 0.3 is 6.09 Å². The zero-order chi connectivity index (χ0) is 16.3. The highest BCUT2D eigenvalue weighted by atomic mass is 16.6. The van der Waals surface area contributed by atoms with Crippen molar-refractivity contribution in [3.63, 3.8) is 0 Å². The molecule has 0 N–H and O–H groups in total. The third kappa shape index (κ3) is 3.78. The summed E-state index contributed by atoms with van der Waals surface area (Å²) in [5.74, 6) is 0. The van der Waals surface area contributed by atoms with Gasteiger partial charge in [-0.05, 0) is 39.3 Å². The van der Waals surface area contributed by atoms with E-state index in [1.54, 1.807) is 4.90 Å². The molecule has 0 unspecified atom stereocenters. The predicted octanol–water partition coefficient (Wildman–Crippen LogP) is 2.86. The smallest absolute Gasteiger partial charge is 0.410 e. The molecule has 1 amide bonds. The van der Waals surface area contributed by atoms with Gasteiger partial charge in [0.05, 0.1) is 5.69 Å². The van der Waals surface area contributed by atoms with Gasteiger partial charge in [0.2, 0.25) is 0 Å². The minimum absolute atomic E-state index is 0.271. The quantitative estimate of drug-likeness (QED) is 0.788. The lowest BCUT2D eigenvalue weighted by molar-refractivity contribution is 0.0240. The first-order chi connectivity index (χ1) is 10.3. The third-order valence-corrected chi connectivity index (χ3v) is 3.64. The molecule has 0 bridgehead atoms. The van der Waals surface area contributed by atoms with Gasteiger partial charge in [0.1, 0.15) is 5.60 Å². The molecule has 1 heterocycles. The fourth-order valence-electron chi connectivity index (χ4n) is 2.65. The van der Waals surface area contributed by atoms with Crippen LogP contribution in [0.3, 0.4) is 0 Å². The van der Waals surface area contributed by atoms with Gasteiger partial charge in [-0.3, -0.25) is 4.79 Å². The highest BCUT2D eigenvalue weighted by Crippen LogP contribution is 2.25. The van der Waals surface area contributed by atoms with Crippen molar-refractivity contribution in [1.29, 1.82) is 0 Å². The zero-order valence-electron chi connectivity index (χ0n) is 13.8. The lowest BCUT2D eigenvalue weighted by Crippen LogP contribution is -2.50. The number of carbonyl (C=O) groups is 2. The molecule has 22 heavy (non-hydrogen) atoms. The van der Waals surface area contributed by atoms with Crippen molar-refractivity contribution in [3.05, 3.63) is 29.3 Å². The van der Waals surface area contributed by atoms with Crippen LogP contribution in [0, 0.1) is 6.92 Å². The first kappa shape index (κ1) is 16.3. The molecule has 0 spiro atoms. The van der Waals surface area contributed by atoms with Crippen LogP contribution in [-0.4, -0.2) is 49.1 Å². The van der Waals surface area contributed by atoms with E-state index in [1.165, 1.54) is 0 Å². The van der Waals surface area contributed by atoms with Gasteiger partial charge in [0, 0.05) is 31.7 Å². The van der Waals surface area contributed by atoms with Gasteiger partial charge in [-0.1, -0.05) is 12.1 Å². The number of nitrogens with zero attached hydrogens (tertiary/aromatic N) is 2. The topological polar surface area (TPSA) is 49.9 Å². The maximum absolute atomic E-state index is 12.1. The number of piperazine rings is 1. The minimum Gasteiger partial charge on any atom is -0.444 e. The zero-order valence-corrected chi connectivity index (χ0v) is 13.8. The summed E-state index contributed by atoms with van der Waals surface area (Å²) in [6.07, 6.45) is 0.621. The SMILES string of the molecule is Cc1cccc(C=O)c1N1CCN(C(=O)OC(C)(C)C)CC1. The Kier molecular flexibility index (Phi) is 4.74. The summed E-state index contributed by atoms with van der Waals surface area (Å²) in [5.41, 5.74) is 2.27. The molecule has 1 aromatic rings. The molecule has 0 atom stereocenters. The summed E-state index contributed by atoms with van der Waals surface area (Å²) < 4.78 is 5.40. The number of benzene rings is 1. The predicted molar refractivity (Wildman–Crippen MR) is 86.6 cm³/mol. The number of para-hydroxylation sites is 1. The average Bonchev–Trinajstić information content (AvgIpc) is 2.45. The molecular formula is C17H24N2O3. The Bertz CT molecular complexity index is 556. The van der Waals surface area contributed by atoms with Gasteiger partial charge in [-0.15, -0.1) is 0 Å². The molecule has 5 heteroatoms. The van der Waals surface area contributed by atoms with Gasteiger partial charge in [-0.2, -0.15) is 0 Å². The normalized spacial score (nSPS) is 15.6. The van der Waals surface area contributed by atoms with E-state index in [0.717, 1.165) is 17.5 Å². The molecule has 1 aliphatic rings. The van der Waals surface area contributed by atoms with E-state index in [-0.39, 0.29) is 6.09 Å². The number of hydrogen-bond donors (Lipinski definition) is 0. The van der Waals surface area contributed by atoms with Crippen molar-refractivity contribution in [2.24, 2.45) is 0 Å². The summed E-state index contributed by atoms with van der Waals surface area (Å²) in [4.78, 5) is 27.2. The number of rotatable bonds is 2. The average molecular weight is 304 g/mol. The minimum atomic E-state index is -0.477. The summed E-state index contributed by atoms with van der Waals surface area (Å²) in [6.45, 7) is 10.2. The second-order valence-corrected chi connectivity index (χ2v) is 6.59. The summed E-state index contributed by atoms with van der Waals surface area (Å²) in [7, 11) is 0. The molecule has 1 aliphatic heterocycles. The van der Waals surface area contributed by atoms with Crippen LogP contribution in [-0.2, 0) is 4.74 Å². The summed E-state index contributed by atoms with van der Waals surface area (Å²) in [5, 5.41) is 0. The van der Waals surface area contributed by atoms with Crippen LogP contribution in [0.1, 0.15) is 36.7 Å². The largest absolute Gasteiger partial charge is 0.444 e. The molecular weight excluding hydrogens is 280 g/mol. The van der Waals surface area contributed by atoms with Crippen molar-refractivity contribution in [2.75, 3.05) is 31.1 Å². The Labute approximate surface area is 131 Å². The van der Waals surface area contributed by atoms with Crippen molar-refractivity contribution in [3.8, 4) is 0 Å². The Hall–Kier alpha value is -2.04. The van der Waals surface area contributed by atoms with Crippen molar-refractivity contribution >= 4 is 18.1 Å². The number of anilines is 1. The fraction of sp³-hybridized carbons (Fsp3) is 0.529. The Morgan fingerprint density at radius 1 is 1.18 bits per heavy atom. The Morgan fingerprint density at radius 3 is 2.36 bits per heavy atom. The van der Waals surface area contributed by atoms with Gasteiger partial charge < -0.3 is 14.5 Å². The van der Waals surface area contributed by atoms with Crippen molar-refractivity contribution in [2.45, 2.75) is 33.3 Å². The second kappa shape index (κ2) is 6.38. The lowest BCUT2D eigenvalue weighted by atomic mass is 10.1. The van der Waals surface area contributed by atoms with Gasteiger partial charge in [0.25, 0.3) is 0 Å². The van der Waals surface area contributed by atoms with Crippen LogP contribution < -0.4 is 4.90 Å². The van der Waals surface area contributed by atoms with Crippen molar-refractivity contribution < 1.29 is 14.3 Å². The fourth-order valence-corrected chi connectivity index (χ4v) is 2.65. The summed E-state index contributed by atoms with van der Waals surface area (Å²) >= 11 is 0. The van der Waals surface area contributed by atoms with E-state index < -0.39 is 5.60 Å². The van der Waals surface area contributed by atoms with E-state index >= 15 is 0 Å². The molecule has 0 radical (unpaired) electrons. The maximum atomic E-state index is 12.1. The Balaban J connectivity index is 2.04. The van der Waals surface area contributed by atoms with E-state index in [2.05, 4.69) is 4.90 Å². The maximum Gasteiger partial charge on any atom is 0.410 e. The molecule has 0 aromatic heterocycles. The monoisotopic (exact) mass is 304 g/mol. The first-order valence-corrected chi connectivity index (χ1v) is 7.59. The van der Waals surface area contributed by atoms with Gasteiger partial charge in [-0.25, -0.2) is 4.79 Å². The molecule has 1 aromatic carbocycles. The number of aldehydes is 1. The molecule has 1 saturated heterocycles. The van der Waals surface area contributed by atoms with Crippen LogP contribution in [0.5, 0.6) is 0 Å². The first-order valence-electron chi connectivity index (χ1n) is 7.59. The number of aryl methyl sites for hydroxylation is 1. The Morgan fingerprint density at radius 2 is 1.82 bits per heavy atom. The number of carbonyl (C=O) groups excluding carboxylic acids is 2. The van der Waals surface area contributed by atoms with E-state index in [0.29, 0.717) is 31.7 Å².